The van der Waals surface area contributed by atoms with Crippen molar-refractivity contribution in [3.8, 4) is 0 Å². The molecule has 0 aliphatic heterocycles. The Labute approximate surface area is 103 Å². The fraction of sp³-hybridized carbons (Fsp3) is 0.692. The van der Waals surface area contributed by atoms with Crippen LogP contribution in [0.25, 0.3) is 0 Å². The highest BCUT2D eigenvalue weighted by atomic mass is 16.2. The molecule has 4 heteroatoms. The SMILES string of the molecule is CCn1cc[n+](C)c1C(=O)NC1CCCCC1. The van der Waals surface area contributed by atoms with Crippen molar-refractivity contribution in [3.05, 3.63) is 18.2 Å². The average Bonchev–Trinajstić information content (AvgIpc) is 2.71. The van der Waals surface area contributed by atoms with Crippen LogP contribution in [0.15, 0.2) is 12.4 Å². The summed E-state index contributed by atoms with van der Waals surface area (Å²) in [6.07, 6.45) is 9.93. The minimum absolute atomic E-state index is 0.0613. The van der Waals surface area contributed by atoms with Crippen molar-refractivity contribution < 1.29 is 9.36 Å². The van der Waals surface area contributed by atoms with E-state index in [1.807, 2.05) is 28.6 Å². The Kier molecular flexibility index (Phi) is 3.82. The molecule has 1 aromatic rings. The molecule has 0 aromatic carbocycles. The monoisotopic (exact) mass is 236 g/mol. The van der Waals surface area contributed by atoms with Crippen molar-refractivity contribution in [1.82, 2.24) is 9.88 Å². The average molecular weight is 236 g/mol. The van der Waals surface area contributed by atoms with E-state index in [2.05, 4.69) is 12.2 Å². The van der Waals surface area contributed by atoms with Crippen LogP contribution in [0, 0.1) is 0 Å². The van der Waals surface area contributed by atoms with Gasteiger partial charge in [0, 0.05) is 6.04 Å². The van der Waals surface area contributed by atoms with Crippen molar-refractivity contribution in [2.75, 3.05) is 0 Å². The molecule has 0 unspecified atom stereocenters. The smallest absolute Gasteiger partial charge is 0.343 e. The fourth-order valence-corrected chi connectivity index (χ4v) is 2.57. The summed E-state index contributed by atoms with van der Waals surface area (Å²) in [6, 6.07) is 0.372. The molecule has 1 fully saturated rings. The van der Waals surface area contributed by atoms with Gasteiger partial charge >= 0.3 is 11.7 Å². The second kappa shape index (κ2) is 5.34. The number of hydrogen-bond acceptors (Lipinski definition) is 1. The van der Waals surface area contributed by atoms with Gasteiger partial charge in [-0.15, -0.1) is 0 Å². The van der Waals surface area contributed by atoms with E-state index in [-0.39, 0.29) is 5.91 Å². The number of nitrogens with zero attached hydrogens (tertiary/aromatic N) is 2. The fourth-order valence-electron chi connectivity index (χ4n) is 2.57. The molecule has 0 radical (unpaired) electrons. The van der Waals surface area contributed by atoms with Gasteiger partial charge in [0.2, 0.25) is 0 Å². The molecule has 1 N–H and O–H groups in total. The molecule has 94 valence electrons. The molecule has 2 rings (SSSR count). The zero-order chi connectivity index (χ0) is 12.3. The maximum atomic E-state index is 12.2. The van der Waals surface area contributed by atoms with Gasteiger partial charge in [0.25, 0.3) is 0 Å². The Morgan fingerprint density at radius 3 is 2.82 bits per heavy atom. The largest absolute Gasteiger partial charge is 0.347 e. The van der Waals surface area contributed by atoms with E-state index in [0.717, 1.165) is 25.2 Å². The van der Waals surface area contributed by atoms with Gasteiger partial charge in [-0.05, 0) is 19.8 Å². The topological polar surface area (TPSA) is 37.9 Å². The highest BCUT2D eigenvalue weighted by molar-refractivity contribution is 5.89. The molecule has 0 bridgehead atoms. The predicted octanol–water partition coefficient (Wildman–Crippen LogP) is 1.39. The molecule has 1 aliphatic rings. The lowest BCUT2D eigenvalue weighted by atomic mass is 9.95. The zero-order valence-electron chi connectivity index (χ0n) is 10.8. The number of imidazole rings is 1. The molecule has 4 nitrogen and oxygen atoms in total. The van der Waals surface area contributed by atoms with E-state index >= 15 is 0 Å². The Morgan fingerprint density at radius 2 is 2.18 bits per heavy atom. The number of hydrogen-bond donors (Lipinski definition) is 1. The maximum absolute atomic E-state index is 12.2. The molecular formula is C13H22N3O+. The molecule has 1 aliphatic carbocycles. The molecule has 0 saturated heterocycles. The molecule has 1 heterocycles. The van der Waals surface area contributed by atoms with Crippen LogP contribution >= 0.6 is 0 Å². The van der Waals surface area contributed by atoms with Crippen molar-refractivity contribution in [2.24, 2.45) is 7.05 Å². The van der Waals surface area contributed by atoms with Crippen LogP contribution in [0.1, 0.15) is 49.6 Å². The van der Waals surface area contributed by atoms with Crippen molar-refractivity contribution in [3.63, 3.8) is 0 Å². The third-order valence-corrected chi connectivity index (χ3v) is 3.56. The van der Waals surface area contributed by atoms with Crippen molar-refractivity contribution in [1.29, 1.82) is 0 Å². The van der Waals surface area contributed by atoms with Crippen LogP contribution in [-0.4, -0.2) is 16.5 Å². The van der Waals surface area contributed by atoms with Gasteiger partial charge in [-0.1, -0.05) is 19.3 Å². The molecule has 0 atom stereocenters. The standard InChI is InChI=1S/C13H21N3O/c1-3-16-10-9-15(2)13(16)12(17)14-11-7-5-4-6-8-11/h9-11H,3-8H2,1-2H3/p+1. The van der Waals surface area contributed by atoms with Crippen molar-refractivity contribution >= 4 is 5.91 Å². The lowest BCUT2D eigenvalue weighted by Crippen LogP contribution is -2.44. The Hall–Kier alpha value is -1.32. The van der Waals surface area contributed by atoms with E-state index in [9.17, 15) is 4.79 Å². The summed E-state index contributed by atoms with van der Waals surface area (Å²) in [5, 5.41) is 3.16. The number of amides is 1. The summed E-state index contributed by atoms with van der Waals surface area (Å²) >= 11 is 0. The van der Waals surface area contributed by atoms with E-state index in [1.54, 1.807) is 0 Å². The highest BCUT2D eigenvalue weighted by Crippen LogP contribution is 2.17. The van der Waals surface area contributed by atoms with Crippen LogP contribution in [-0.2, 0) is 13.6 Å². The number of aryl methyl sites for hydroxylation is 2. The summed E-state index contributed by atoms with van der Waals surface area (Å²) in [4.78, 5) is 12.2. The van der Waals surface area contributed by atoms with Crippen molar-refractivity contribution in [2.45, 2.75) is 51.6 Å². The molecular weight excluding hydrogens is 214 g/mol. The minimum Gasteiger partial charge on any atom is -0.343 e. The summed E-state index contributed by atoms with van der Waals surface area (Å²) in [5.41, 5.74) is 0. The normalized spacial score (nSPS) is 17.1. The molecule has 17 heavy (non-hydrogen) atoms. The van der Waals surface area contributed by atoms with E-state index < -0.39 is 0 Å². The first kappa shape index (κ1) is 12.1. The number of carbonyl (C=O) groups is 1. The Balaban J connectivity index is 2.05. The first-order chi connectivity index (χ1) is 8.22. The molecule has 1 amide bonds. The molecule has 1 saturated carbocycles. The van der Waals surface area contributed by atoms with Gasteiger partial charge in [0.05, 0.1) is 13.6 Å². The third kappa shape index (κ3) is 2.68. The van der Waals surface area contributed by atoms with E-state index in [0.29, 0.717) is 6.04 Å². The van der Waals surface area contributed by atoms with Gasteiger partial charge in [-0.25, -0.2) is 9.13 Å². The van der Waals surface area contributed by atoms with Crippen LogP contribution in [0.5, 0.6) is 0 Å². The van der Waals surface area contributed by atoms with Gasteiger partial charge in [0.1, 0.15) is 12.4 Å². The lowest BCUT2D eigenvalue weighted by Gasteiger charge is -2.21. The Morgan fingerprint density at radius 1 is 1.47 bits per heavy atom. The number of carbonyl (C=O) groups excluding carboxylic acids is 1. The van der Waals surface area contributed by atoms with Crippen LogP contribution in [0.4, 0.5) is 0 Å². The highest BCUT2D eigenvalue weighted by Gasteiger charge is 2.25. The second-order valence-corrected chi connectivity index (χ2v) is 4.83. The zero-order valence-corrected chi connectivity index (χ0v) is 10.8. The first-order valence-electron chi connectivity index (χ1n) is 6.58. The van der Waals surface area contributed by atoms with Gasteiger partial charge in [0.15, 0.2) is 0 Å². The minimum atomic E-state index is 0.0613. The summed E-state index contributed by atoms with van der Waals surface area (Å²) in [6.45, 7) is 2.88. The number of nitrogens with one attached hydrogen (secondary N) is 1. The summed E-state index contributed by atoms with van der Waals surface area (Å²) in [5.74, 6) is 0.810. The van der Waals surface area contributed by atoms with Gasteiger partial charge in [-0.3, -0.25) is 4.79 Å². The van der Waals surface area contributed by atoms with E-state index in [1.165, 1.54) is 19.3 Å². The summed E-state index contributed by atoms with van der Waals surface area (Å²) in [7, 11) is 1.92. The number of aromatic nitrogens is 2. The third-order valence-electron chi connectivity index (χ3n) is 3.56. The quantitative estimate of drug-likeness (QED) is 0.791. The predicted molar refractivity (Wildman–Crippen MR) is 65.6 cm³/mol. The summed E-state index contributed by atoms with van der Waals surface area (Å²) < 4.78 is 3.87. The van der Waals surface area contributed by atoms with E-state index in [4.69, 9.17) is 0 Å². The second-order valence-electron chi connectivity index (χ2n) is 4.83. The van der Waals surface area contributed by atoms with Crippen LogP contribution in [0.3, 0.4) is 0 Å². The Bertz CT molecular complexity index is 391. The lowest BCUT2D eigenvalue weighted by molar-refractivity contribution is -0.673. The molecule has 0 spiro atoms. The number of rotatable bonds is 3. The van der Waals surface area contributed by atoms with Crippen LogP contribution in [0.2, 0.25) is 0 Å². The van der Waals surface area contributed by atoms with Gasteiger partial charge in [-0.2, -0.15) is 0 Å². The maximum Gasteiger partial charge on any atom is 0.347 e. The van der Waals surface area contributed by atoms with Crippen LogP contribution < -0.4 is 9.88 Å². The van der Waals surface area contributed by atoms with Gasteiger partial charge < -0.3 is 5.32 Å². The first-order valence-corrected chi connectivity index (χ1v) is 6.58. The molecule has 1 aromatic heterocycles.